The van der Waals surface area contributed by atoms with Crippen LogP contribution in [0.2, 0.25) is 0 Å². The molecule has 0 atom stereocenters. The molecule has 2 N–H and O–H groups in total. The van der Waals surface area contributed by atoms with Gasteiger partial charge < -0.3 is 15.2 Å². The molecule has 0 unspecified atom stereocenters. The zero-order valence-corrected chi connectivity index (χ0v) is 12.4. The SMILES string of the molecule is CC(C)CC1(C(=O)NC2(CC(=O)O)CCOCC2)CC1. The van der Waals surface area contributed by atoms with Gasteiger partial charge in [0.15, 0.2) is 0 Å². The van der Waals surface area contributed by atoms with E-state index < -0.39 is 11.5 Å². The Bertz CT molecular complexity index is 381. The van der Waals surface area contributed by atoms with E-state index in [1.807, 2.05) is 0 Å². The number of hydrogen-bond donors (Lipinski definition) is 2. The van der Waals surface area contributed by atoms with Gasteiger partial charge in [0.25, 0.3) is 0 Å². The number of rotatable bonds is 6. The predicted octanol–water partition coefficient (Wildman–Crippen LogP) is 1.95. The monoisotopic (exact) mass is 283 g/mol. The van der Waals surface area contributed by atoms with Gasteiger partial charge >= 0.3 is 5.97 Å². The highest BCUT2D eigenvalue weighted by atomic mass is 16.5. The summed E-state index contributed by atoms with van der Waals surface area (Å²) < 4.78 is 5.31. The van der Waals surface area contributed by atoms with Crippen LogP contribution >= 0.6 is 0 Å². The summed E-state index contributed by atoms with van der Waals surface area (Å²) in [5, 5.41) is 12.2. The molecule has 5 nitrogen and oxygen atoms in total. The van der Waals surface area contributed by atoms with Crippen molar-refractivity contribution in [2.45, 2.75) is 57.9 Å². The van der Waals surface area contributed by atoms with Crippen molar-refractivity contribution >= 4 is 11.9 Å². The van der Waals surface area contributed by atoms with E-state index in [9.17, 15) is 9.59 Å². The second-order valence-electron chi connectivity index (χ2n) is 6.80. The molecule has 5 heteroatoms. The Morgan fingerprint density at radius 3 is 2.25 bits per heavy atom. The van der Waals surface area contributed by atoms with Crippen LogP contribution in [0.4, 0.5) is 0 Å². The van der Waals surface area contributed by atoms with Gasteiger partial charge in [-0.2, -0.15) is 0 Å². The van der Waals surface area contributed by atoms with Crippen LogP contribution in [0, 0.1) is 11.3 Å². The third kappa shape index (κ3) is 3.51. The molecule has 0 radical (unpaired) electrons. The molecule has 1 saturated carbocycles. The first-order valence-electron chi connectivity index (χ1n) is 7.50. The van der Waals surface area contributed by atoms with Crippen LogP contribution in [-0.4, -0.2) is 35.7 Å². The van der Waals surface area contributed by atoms with Crippen molar-refractivity contribution in [1.29, 1.82) is 0 Å². The Hall–Kier alpha value is -1.10. The van der Waals surface area contributed by atoms with Crippen LogP contribution in [0.1, 0.15) is 52.4 Å². The maximum absolute atomic E-state index is 12.6. The molecule has 1 saturated heterocycles. The number of carbonyl (C=O) groups excluding carboxylic acids is 1. The summed E-state index contributed by atoms with van der Waals surface area (Å²) in [4.78, 5) is 23.7. The Balaban J connectivity index is 2.04. The van der Waals surface area contributed by atoms with Gasteiger partial charge in [0.2, 0.25) is 5.91 Å². The summed E-state index contributed by atoms with van der Waals surface area (Å²) in [6.07, 6.45) is 3.90. The number of nitrogens with one attached hydrogen (secondary N) is 1. The molecular weight excluding hydrogens is 258 g/mol. The fourth-order valence-electron chi connectivity index (χ4n) is 3.23. The number of carboxylic acids is 1. The van der Waals surface area contributed by atoms with Gasteiger partial charge in [-0.3, -0.25) is 9.59 Å². The fourth-order valence-corrected chi connectivity index (χ4v) is 3.23. The van der Waals surface area contributed by atoms with Crippen molar-refractivity contribution in [2.24, 2.45) is 11.3 Å². The second kappa shape index (κ2) is 5.72. The third-order valence-electron chi connectivity index (χ3n) is 4.45. The highest BCUT2D eigenvalue weighted by Gasteiger charge is 2.52. The van der Waals surface area contributed by atoms with Crippen LogP contribution in [0.25, 0.3) is 0 Å². The minimum absolute atomic E-state index is 0.0140. The highest BCUT2D eigenvalue weighted by molar-refractivity contribution is 5.86. The number of amides is 1. The quantitative estimate of drug-likeness (QED) is 0.781. The molecule has 1 aliphatic carbocycles. The average molecular weight is 283 g/mol. The molecule has 1 aliphatic heterocycles. The number of carboxylic acid groups (broad SMARTS) is 1. The first-order valence-corrected chi connectivity index (χ1v) is 7.50. The molecule has 0 spiro atoms. The molecule has 0 aromatic carbocycles. The van der Waals surface area contributed by atoms with E-state index in [1.54, 1.807) is 0 Å². The summed E-state index contributed by atoms with van der Waals surface area (Å²) >= 11 is 0. The second-order valence-corrected chi connectivity index (χ2v) is 6.80. The van der Waals surface area contributed by atoms with Gasteiger partial charge in [0.05, 0.1) is 12.0 Å². The molecule has 1 amide bonds. The third-order valence-corrected chi connectivity index (χ3v) is 4.45. The van der Waals surface area contributed by atoms with Crippen LogP contribution < -0.4 is 5.32 Å². The van der Waals surface area contributed by atoms with Crippen LogP contribution in [0.5, 0.6) is 0 Å². The lowest BCUT2D eigenvalue weighted by Gasteiger charge is -2.38. The van der Waals surface area contributed by atoms with Crippen molar-refractivity contribution < 1.29 is 19.4 Å². The summed E-state index contributed by atoms with van der Waals surface area (Å²) in [6, 6.07) is 0. The molecule has 2 aliphatic rings. The van der Waals surface area contributed by atoms with Crippen molar-refractivity contribution in [2.75, 3.05) is 13.2 Å². The molecule has 0 bridgehead atoms. The summed E-state index contributed by atoms with van der Waals surface area (Å²) in [5.41, 5.74) is -0.855. The molecule has 2 rings (SSSR count). The normalized spacial score (nSPS) is 23.4. The largest absolute Gasteiger partial charge is 0.481 e. The van der Waals surface area contributed by atoms with Gasteiger partial charge in [-0.05, 0) is 38.0 Å². The minimum atomic E-state index is -0.860. The molecule has 2 fully saturated rings. The molecule has 1 heterocycles. The van der Waals surface area contributed by atoms with Crippen molar-refractivity contribution in [3.8, 4) is 0 Å². The van der Waals surface area contributed by atoms with E-state index in [-0.39, 0.29) is 17.7 Å². The van der Waals surface area contributed by atoms with Gasteiger partial charge in [-0.25, -0.2) is 0 Å². The van der Waals surface area contributed by atoms with Gasteiger partial charge in [-0.15, -0.1) is 0 Å². The van der Waals surface area contributed by atoms with E-state index in [1.165, 1.54) is 0 Å². The van der Waals surface area contributed by atoms with Gasteiger partial charge in [0.1, 0.15) is 0 Å². The molecule has 114 valence electrons. The van der Waals surface area contributed by atoms with Gasteiger partial charge in [0, 0.05) is 18.6 Å². The maximum atomic E-state index is 12.6. The van der Waals surface area contributed by atoms with Crippen LogP contribution in [0.3, 0.4) is 0 Å². The number of ether oxygens (including phenoxy) is 1. The first kappa shape index (κ1) is 15.3. The van der Waals surface area contributed by atoms with Crippen LogP contribution in [0.15, 0.2) is 0 Å². The Morgan fingerprint density at radius 2 is 1.80 bits per heavy atom. The molecule has 20 heavy (non-hydrogen) atoms. The summed E-state index contributed by atoms with van der Waals surface area (Å²) in [7, 11) is 0. The zero-order chi connectivity index (χ0) is 14.8. The topological polar surface area (TPSA) is 75.6 Å². The number of carbonyl (C=O) groups is 2. The molecule has 0 aromatic rings. The van der Waals surface area contributed by atoms with E-state index in [2.05, 4.69) is 19.2 Å². The highest BCUT2D eigenvalue weighted by Crippen LogP contribution is 2.51. The van der Waals surface area contributed by atoms with Crippen molar-refractivity contribution in [3.05, 3.63) is 0 Å². The average Bonchev–Trinajstić information content (AvgIpc) is 3.09. The molecule has 0 aromatic heterocycles. The Labute approximate surface area is 120 Å². The lowest BCUT2D eigenvalue weighted by molar-refractivity contribution is -0.141. The standard InChI is InChI=1S/C15H25NO4/c1-11(2)9-14(3-4-14)13(19)16-15(10-12(17)18)5-7-20-8-6-15/h11H,3-10H2,1-2H3,(H,16,19)(H,17,18). The summed E-state index contributed by atoms with van der Waals surface area (Å²) in [6.45, 7) is 5.28. The van der Waals surface area contributed by atoms with E-state index >= 15 is 0 Å². The van der Waals surface area contributed by atoms with Crippen molar-refractivity contribution in [3.63, 3.8) is 0 Å². The smallest absolute Gasteiger partial charge is 0.305 e. The van der Waals surface area contributed by atoms with Crippen molar-refractivity contribution in [1.82, 2.24) is 5.32 Å². The number of aliphatic carboxylic acids is 1. The first-order chi connectivity index (χ1) is 9.38. The lowest BCUT2D eigenvalue weighted by Crippen LogP contribution is -2.55. The fraction of sp³-hybridized carbons (Fsp3) is 0.867. The van der Waals surface area contributed by atoms with Gasteiger partial charge in [-0.1, -0.05) is 13.8 Å². The van der Waals surface area contributed by atoms with Crippen LogP contribution in [-0.2, 0) is 14.3 Å². The summed E-state index contributed by atoms with van der Waals surface area (Å²) in [5.74, 6) is -0.330. The number of hydrogen-bond acceptors (Lipinski definition) is 3. The minimum Gasteiger partial charge on any atom is -0.481 e. The predicted molar refractivity (Wildman–Crippen MR) is 74.3 cm³/mol. The van der Waals surface area contributed by atoms with E-state index in [0.717, 1.165) is 19.3 Å². The Kier molecular flexibility index (Phi) is 4.37. The maximum Gasteiger partial charge on any atom is 0.305 e. The van der Waals surface area contributed by atoms with E-state index in [0.29, 0.717) is 32.0 Å². The zero-order valence-electron chi connectivity index (χ0n) is 12.4. The molecular formula is C15H25NO4. The Morgan fingerprint density at radius 1 is 1.20 bits per heavy atom. The lowest BCUT2D eigenvalue weighted by atomic mass is 9.84. The van der Waals surface area contributed by atoms with E-state index in [4.69, 9.17) is 9.84 Å².